The van der Waals surface area contributed by atoms with Gasteiger partial charge < -0.3 is 5.73 Å². The normalized spacial score (nSPS) is 10.4. The molecule has 1 aromatic heterocycles. The Balaban J connectivity index is 1.72. The lowest BCUT2D eigenvalue weighted by Crippen LogP contribution is -2.03. The molecule has 4 heteroatoms. The maximum absolute atomic E-state index is 11.7. The number of nitrogen functional groups attached to an aromatic ring is 1. The fourth-order valence-electron chi connectivity index (χ4n) is 1.83. The van der Waals surface area contributed by atoms with Gasteiger partial charge in [-0.15, -0.1) is 11.3 Å². The number of thiazole rings is 1. The van der Waals surface area contributed by atoms with Gasteiger partial charge in [0.2, 0.25) is 0 Å². The van der Waals surface area contributed by atoms with Crippen molar-refractivity contribution in [2.75, 3.05) is 5.73 Å². The molecule has 0 aliphatic rings. The number of carbonyl (C=O) groups excluding carboxylic acids is 1. The highest BCUT2D eigenvalue weighted by molar-refractivity contribution is 7.13. The second kappa shape index (κ2) is 6.31. The number of aromatic nitrogens is 1. The van der Waals surface area contributed by atoms with Crippen molar-refractivity contribution in [3.63, 3.8) is 0 Å². The molecule has 2 rings (SSSR count). The van der Waals surface area contributed by atoms with Crippen molar-refractivity contribution in [1.82, 2.24) is 4.98 Å². The molecule has 0 amide bonds. The average molecular weight is 260 g/mol. The third-order valence-electron chi connectivity index (χ3n) is 2.71. The number of anilines is 1. The molecule has 0 aliphatic carbocycles. The number of aryl methyl sites for hydroxylation is 1. The standard InChI is InChI=1S/C14H16N2OS/c15-14-16-12(10-18-14)9-13(17)8-4-7-11-5-2-1-3-6-11/h1-3,5-6,10H,4,7-9H2,(H2,15,16). The van der Waals surface area contributed by atoms with E-state index in [-0.39, 0.29) is 5.78 Å². The molecule has 1 heterocycles. The van der Waals surface area contributed by atoms with Gasteiger partial charge in [0.25, 0.3) is 0 Å². The molecule has 94 valence electrons. The highest BCUT2D eigenvalue weighted by atomic mass is 32.1. The van der Waals surface area contributed by atoms with Gasteiger partial charge in [0, 0.05) is 18.2 Å². The number of rotatable bonds is 6. The minimum Gasteiger partial charge on any atom is -0.375 e. The lowest BCUT2D eigenvalue weighted by Gasteiger charge is -2.00. The Hall–Kier alpha value is -1.68. The van der Waals surface area contributed by atoms with E-state index < -0.39 is 0 Å². The Labute approximate surface area is 111 Å². The van der Waals surface area contributed by atoms with Crippen LogP contribution in [-0.4, -0.2) is 10.8 Å². The highest BCUT2D eigenvalue weighted by Crippen LogP contribution is 2.13. The van der Waals surface area contributed by atoms with Gasteiger partial charge >= 0.3 is 0 Å². The molecule has 18 heavy (non-hydrogen) atoms. The summed E-state index contributed by atoms with van der Waals surface area (Å²) < 4.78 is 0. The summed E-state index contributed by atoms with van der Waals surface area (Å²) in [6, 6.07) is 10.2. The third kappa shape index (κ3) is 3.96. The zero-order chi connectivity index (χ0) is 12.8. The van der Waals surface area contributed by atoms with Gasteiger partial charge in [-0.1, -0.05) is 30.3 Å². The number of nitrogens with zero attached hydrogens (tertiary/aromatic N) is 1. The summed E-state index contributed by atoms with van der Waals surface area (Å²) in [5, 5.41) is 2.38. The van der Waals surface area contributed by atoms with Crippen molar-refractivity contribution in [2.45, 2.75) is 25.7 Å². The van der Waals surface area contributed by atoms with E-state index in [1.165, 1.54) is 16.9 Å². The summed E-state index contributed by atoms with van der Waals surface area (Å²) in [5.74, 6) is 0.233. The minimum atomic E-state index is 0.233. The molecule has 0 fully saturated rings. The van der Waals surface area contributed by atoms with Crippen LogP contribution < -0.4 is 5.73 Å². The van der Waals surface area contributed by atoms with Crippen molar-refractivity contribution in [3.05, 3.63) is 47.0 Å². The van der Waals surface area contributed by atoms with Crippen LogP contribution in [0, 0.1) is 0 Å². The fraction of sp³-hybridized carbons (Fsp3) is 0.286. The van der Waals surface area contributed by atoms with Crippen molar-refractivity contribution < 1.29 is 4.79 Å². The van der Waals surface area contributed by atoms with Crippen LogP contribution in [0.15, 0.2) is 35.7 Å². The van der Waals surface area contributed by atoms with Gasteiger partial charge in [-0.3, -0.25) is 4.79 Å². The van der Waals surface area contributed by atoms with Crippen LogP contribution in [0.2, 0.25) is 0 Å². The lowest BCUT2D eigenvalue weighted by atomic mass is 10.1. The van der Waals surface area contributed by atoms with Gasteiger partial charge in [-0.25, -0.2) is 4.98 Å². The van der Waals surface area contributed by atoms with E-state index in [1.54, 1.807) is 0 Å². The van der Waals surface area contributed by atoms with E-state index in [0.717, 1.165) is 18.5 Å². The largest absolute Gasteiger partial charge is 0.375 e. The monoisotopic (exact) mass is 260 g/mol. The van der Waals surface area contributed by atoms with Crippen LogP contribution >= 0.6 is 11.3 Å². The first-order valence-electron chi connectivity index (χ1n) is 5.99. The van der Waals surface area contributed by atoms with Crippen LogP contribution in [0.3, 0.4) is 0 Å². The Kier molecular flexibility index (Phi) is 4.47. The molecule has 0 aliphatic heterocycles. The third-order valence-corrected chi connectivity index (χ3v) is 3.43. The number of Topliss-reactive ketones (excluding diaryl/α,β-unsaturated/α-hetero) is 1. The van der Waals surface area contributed by atoms with Crippen LogP contribution in [0.5, 0.6) is 0 Å². The number of benzene rings is 1. The number of nitrogens with two attached hydrogens (primary N) is 1. The summed E-state index contributed by atoms with van der Waals surface area (Å²) >= 11 is 1.38. The summed E-state index contributed by atoms with van der Waals surface area (Å²) in [6.07, 6.45) is 2.85. The average Bonchev–Trinajstić information content (AvgIpc) is 2.76. The van der Waals surface area contributed by atoms with Crippen molar-refractivity contribution >= 4 is 22.3 Å². The molecule has 0 spiro atoms. The molecule has 1 aromatic carbocycles. The smallest absolute Gasteiger partial charge is 0.180 e. The second-order valence-corrected chi connectivity index (χ2v) is 5.12. The van der Waals surface area contributed by atoms with Crippen LogP contribution in [0.1, 0.15) is 24.1 Å². The van der Waals surface area contributed by atoms with Gasteiger partial charge in [-0.05, 0) is 18.4 Å². The zero-order valence-corrected chi connectivity index (χ0v) is 11.0. The van der Waals surface area contributed by atoms with E-state index >= 15 is 0 Å². The molecule has 2 N–H and O–H groups in total. The molecule has 2 aromatic rings. The predicted molar refractivity (Wildman–Crippen MR) is 74.6 cm³/mol. The molecule has 3 nitrogen and oxygen atoms in total. The number of ketones is 1. The van der Waals surface area contributed by atoms with E-state index in [9.17, 15) is 4.79 Å². The molecule has 0 radical (unpaired) electrons. The Morgan fingerprint density at radius 3 is 2.72 bits per heavy atom. The van der Waals surface area contributed by atoms with E-state index in [2.05, 4.69) is 17.1 Å². The first-order chi connectivity index (χ1) is 8.74. The second-order valence-electron chi connectivity index (χ2n) is 4.23. The van der Waals surface area contributed by atoms with Gasteiger partial charge in [0.15, 0.2) is 5.13 Å². The van der Waals surface area contributed by atoms with Crippen molar-refractivity contribution in [3.8, 4) is 0 Å². The van der Waals surface area contributed by atoms with Crippen LogP contribution in [0.25, 0.3) is 0 Å². The van der Waals surface area contributed by atoms with E-state index in [1.807, 2.05) is 23.6 Å². The van der Waals surface area contributed by atoms with Crippen molar-refractivity contribution in [2.24, 2.45) is 0 Å². The zero-order valence-electron chi connectivity index (χ0n) is 10.1. The van der Waals surface area contributed by atoms with Gasteiger partial charge in [-0.2, -0.15) is 0 Å². The Morgan fingerprint density at radius 1 is 1.28 bits per heavy atom. The molecular formula is C14H16N2OS. The number of hydrogen-bond donors (Lipinski definition) is 1. The summed E-state index contributed by atoms with van der Waals surface area (Å²) in [6.45, 7) is 0. The quantitative estimate of drug-likeness (QED) is 0.869. The van der Waals surface area contributed by atoms with E-state index in [0.29, 0.717) is 18.0 Å². The summed E-state index contributed by atoms with van der Waals surface area (Å²) in [4.78, 5) is 15.8. The summed E-state index contributed by atoms with van der Waals surface area (Å²) in [7, 11) is 0. The molecule has 0 saturated carbocycles. The van der Waals surface area contributed by atoms with Crippen molar-refractivity contribution in [1.29, 1.82) is 0 Å². The maximum Gasteiger partial charge on any atom is 0.180 e. The number of carbonyl (C=O) groups is 1. The van der Waals surface area contributed by atoms with Gasteiger partial charge in [0.1, 0.15) is 5.78 Å². The highest BCUT2D eigenvalue weighted by Gasteiger charge is 2.06. The van der Waals surface area contributed by atoms with E-state index in [4.69, 9.17) is 5.73 Å². The molecular weight excluding hydrogens is 244 g/mol. The Bertz CT molecular complexity index is 508. The molecule has 0 unspecified atom stereocenters. The first kappa shape index (κ1) is 12.8. The summed E-state index contributed by atoms with van der Waals surface area (Å²) in [5.41, 5.74) is 7.60. The fourth-order valence-corrected chi connectivity index (χ4v) is 2.39. The SMILES string of the molecule is Nc1nc(CC(=O)CCCc2ccccc2)cs1. The minimum absolute atomic E-state index is 0.233. The Morgan fingerprint density at radius 2 is 2.06 bits per heavy atom. The van der Waals surface area contributed by atoms with Gasteiger partial charge in [0.05, 0.1) is 5.69 Å². The first-order valence-corrected chi connectivity index (χ1v) is 6.87. The maximum atomic E-state index is 11.7. The molecule has 0 saturated heterocycles. The topological polar surface area (TPSA) is 56.0 Å². The lowest BCUT2D eigenvalue weighted by molar-refractivity contribution is -0.118. The molecule has 0 bridgehead atoms. The molecule has 0 atom stereocenters. The van der Waals surface area contributed by atoms with Crippen LogP contribution in [0.4, 0.5) is 5.13 Å². The number of hydrogen-bond acceptors (Lipinski definition) is 4. The van der Waals surface area contributed by atoms with Crippen LogP contribution in [-0.2, 0) is 17.6 Å². The predicted octanol–water partition coefficient (Wildman–Crippen LogP) is 2.86.